The number of aromatic nitrogens is 5. The van der Waals surface area contributed by atoms with Crippen molar-refractivity contribution in [2.24, 2.45) is 5.92 Å². The van der Waals surface area contributed by atoms with Crippen LogP contribution in [-0.4, -0.2) is 69.0 Å². The van der Waals surface area contributed by atoms with E-state index >= 15 is 0 Å². The van der Waals surface area contributed by atoms with Crippen molar-refractivity contribution in [1.29, 1.82) is 5.26 Å². The molecule has 3 N–H and O–H groups in total. The van der Waals surface area contributed by atoms with Gasteiger partial charge >= 0.3 is 0 Å². The first kappa shape index (κ1) is 27.1. The average molecular weight is 571 g/mol. The number of nitriles is 1. The van der Waals surface area contributed by atoms with Crippen LogP contribution >= 0.6 is 11.3 Å². The van der Waals surface area contributed by atoms with Gasteiger partial charge in [0.05, 0.1) is 34.2 Å². The van der Waals surface area contributed by atoms with Crippen molar-refractivity contribution in [2.75, 3.05) is 36.4 Å². The maximum atomic E-state index is 12.7. The fraction of sp³-hybridized carbons (Fsp3) is 0.448. The van der Waals surface area contributed by atoms with Crippen molar-refractivity contribution in [3.05, 3.63) is 42.2 Å². The monoisotopic (exact) mass is 570 g/mol. The Balaban J connectivity index is 1.17. The van der Waals surface area contributed by atoms with Gasteiger partial charge in [-0.1, -0.05) is 11.3 Å². The Morgan fingerprint density at radius 1 is 1.12 bits per heavy atom. The number of hydrogen-bond acceptors (Lipinski definition) is 10. The van der Waals surface area contributed by atoms with Crippen LogP contribution in [0.2, 0.25) is 0 Å². The van der Waals surface area contributed by atoms with E-state index < -0.39 is 0 Å². The van der Waals surface area contributed by atoms with E-state index in [1.807, 2.05) is 30.5 Å². The first-order valence-electron chi connectivity index (χ1n) is 14.2. The molecule has 0 spiro atoms. The molecule has 41 heavy (non-hydrogen) atoms. The van der Waals surface area contributed by atoms with Gasteiger partial charge in [-0.05, 0) is 76.9 Å². The Morgan fingerprint density at radius 3 is 2.68 bits per heavy atom. The van der Waals surface area contributed by atoms with Gasteiger partial charge in [-0.25, -0.2) is 4.52 Å². The summed E-state index contributed by atoms with van der Waals surface area (Å²) in [4.78, 5) is 19.7. The number of piperidine rings is 2. The number of nitrogens with one attached hydrogen (secondary N) is 3. The number of carbonyl (C=O) groups excluding carboxylic acids is 1. The van der Waals surface area contributed by atoms with Crippen molar-refractivity contribution >= 4 is 33.6 Å². The second-order valence-corrected chi connectivity index (χ2v) is 12.0. The molecule has 6 heterocycles. The summed E-state index contributed by atoms with van der Waals surface area (Å²) in [6.45, 7) is 7.71. The fourth-order valence-electron chi connectivity index (χ4n) is 5.52. The lowest BCUT2D eigenvalue weighted by Crippen LogP contribution is -2.47. The molecule has 212 valence electrons. The quantitative estimate of drug-likeness (QED) is 0.304. The number of fused-ring (bicyclic) bond motifs is 1. The smallest absolute Gasteiger partial charge is 0.223 e. The number of carbonyl (C=O) groups is 1. The standard InChI is InChI=1S/C29H34N10OS/c1-18(2)34-24-14-25(26-4-3-22-13-19(15-30)16-33-39(22)26)32-17-23(24)28-36-37-29(41-28)38-11-7-21(8-12-38)35-27(40)20-5-9-31-10-6-20/h3-4,13-14,16-18,20-21,31H,5-12H2,1-2H3,(H,32,34)(H,35,40). The minimum atomic E-state index is 0.137. The van der Waals surface area contributed by atoms with Gasteiger partial charge < -0.3 is 20.9 Å². The molecule has 4 aromatic heterocycles. The first-order chi connectivity index (χ1) is 20.0. The van der Waals surface area contributed by atoms with E-state index in [0.717, 1.165) is 90.2 Å². The van der Waals surface area contributed by atoms with Gasteiger partial charge in [0.25, 0.3) is 0 Å². The van der Waals surface area contributed by atoms with E-state index in [9.17, 15) is 10.1 Å². The molecule has 0 unspecified atom stereocenters. The van der Waals surface area contributed by atoms with Crippen LogP contribution in [0.25, 0.3) is 27.5 Å². The summed E-state index contributed by atoms with van der Waals surface area (Å²) in [6.07, 6.45) is 7.05. The maximum Gasteiger partial charge on any atom is 0.223 e. The van der Waals surface area contributed by atoms with Crippen LogP contribution < -0.4 is 20.9 Å². The number of hydrogen-bond donors (Lipinski definition) is 3. The molecule has 0 atom stereocenters. The normalized spacial score (nSPS) is 16.7. The minimum absolute atomic E-state index is 0.137. The van der Waals surface area contributed by atoms with Gasteiger partial charge in [-0.2, -0.15) is 10.4 Å². The summed E-state index contributed by atoms with van der Waals surface area (Å²) >= 11 is 1.56. The number of nitrogens with zero attached hydrogens (tertiary/aromatic N) is 7. The Hall–Kier alpha value is -4.08. The average Bonchev–Trinajstić information content (AvgIpc) is 3.65. The highest BCUT2D eigenvalue weighted by Crippen LogP contribution is 2.36. The number of rotatable bonds is 7. The van der Waals surface area contributed by atoms with E-state index in [0.29, 0.717) is 5.56 Å². The van der Waals surface area contributed by atoms with Crippen LogP contribution in [0.5, 0.6) is 0 Å². The highest BCUT2D eigenvalue weighted by atomic mass is 32.1. The van der Waals surface area contributed by atoms with Gasteiger partial charge in [0.1, 0.15) is 6.07 Å². The lowest BCUT2D eigenvalue weighted by atomic mass is 9.96. The predicted molar refractivity (Wildman–Crippen MR) is 160 cm³/mol. The van der Waals surface area contributed by atoms with Crippen LogP contribution in [0.4, 0.5) is 10.8 Å². The van der Waals surface area contributed by atoms with Crippen LogP contribution in [-0.2, 0) is 4.79 Å². The molecule has 2 aliphatic rings. The Kier molecular flexibility index (Phi) is 7.80. The Labute approximate surface area is 243 Å². The molecule has 0 bridgehead atoms. The Bertz CT molecular complexity index is 1570. The SMILES string of the molecule is CC(C)Nc1cc(-c2ccc3cc(C#N)cnn23)ncc1-c1nnc(N2CCC(NC(=O)C3CCNCC3)CC2)s1. The fourth-order valence-corrected chi connectivity index (χ4v) is 6.44. The van der Waals surface area contributed by atoms with Crippen LogP contribution in [0, 0.1) is 17.2 Å². The zero-order valence-electron chi connectivity index (χ0n) is 23.3. The summed E-state index contributed by atoms with van der Waals surface area (Å²) in [5, 5.41) is 34.6. The molecule has 12 heteroatoms. The molecule has 2 aliphatic heterocycles. The number of anilines is 2. The van der Waals surface area contributed by atoms with Crippen LogP contribution in [0.15, 0.2) is 36.7 Å². The molecule has 1 amide bonds. The van der Waals surface area contributed by atoms with Crippen molar-refractivity contribution in [2.45, 2.75) is 51.6 Å². The first-order valence-corrected chi connectivity index (χ1v) is 15.0. The van der Waals surface area contributed by atoms with E-state index in [-0.39, 0.29) is 23.9 Å². The highest BCUT2D eigenvalue weighted by molar-refractivity contribution is 7.18. The lowest BCUT2D eigenvalue weighted by Gasteiger charge is -2.33. The van der Waals surface area contributed by atoms with Crippen molar-refractivity contribution in [3.8, 4) is 28.0 Å². The second kappa shape index (κ2) is 11.8. The number of amides is 1. The molecule has 0 aromatic carbocycles. The van der Waals surface area contributed by atoms with Gasteiger partial charge in [-0.15, -0.1) is 10.2 Å². The highest BCUT2D eigenvalue weighted by Gasteiger charge is 2.27. The number of pyridine rings is 1. The maximum absolute atomic E-state index is 12.7. The summed E-state index contributed by atoms with van der Waals surface area (Å²) in [6, 6.07) is 10.3. The van der Waals surface area contributed by atoms with Crippen molar-refractivity contribution in [3.63, 3.8) is 0 Å². The molecular formula is C29H34N10OS. The van der Waals surface area contributed by atoms with Gasteiger partial charge in [0.15, 0.2) is 5.01 Å². The molecule has 0 radical (unpaired) electrons. The third kappa shape index (κ3) is 5.87. The summed E-state index contributed by atoms with van der Waals surface area (Å²) < 4.78 is 1.80. The van der Waals surface area contributed by atoms with Crippen molar-refractivity contribution in [1.82, 2.24) is 35.4 Å². The molecular weight excluding hydrogens is 536 g/mol. The summed E-state index contributed by atoms with van der Waals surface area (Å²) in [5.41, 5.74) is 4.80. The Morgan fingerprint density at radius 2 is 1.93 bits per heavy atom. The molecule has 6 rings (SSSR count). The van der Waals surface area contributed by atoms with E-state index in [1.165, 1.54) is 0 Å². The molecule has 2 fully saturated rings. The van der Waals surface area contributed by atoms with E-state index in [1.54, 1.807) is 22.0 Å². The van der Waals surface area contributed by atoms with Crippen LogP contribution in [0.1, 0.15) is 45.1 Å². The summed E-state index contributed by atoms with van der Waals surface area (Å²) in [5.74, 6) is 0.345. The third-order valence-electron chi connectivity index (χ3n) is 7.71. The predicted octanol–water partition coefficient (Wildman–Crippen LogP) is 3.69. The molecule has 0 aliphatic carbocycles. The van der Waals surface area contributed by atoms with Gasteiger partial charge in [0.2, 0.25) is 11.0 Å². The molecule has 11 nitrogen and oxygen atoms in total. The zero-order chi connectivity index (χ0) is 28.3. The summed E-state index contributed by atoms with van der Waals surface area (Å²) in [7, 11) is 0. The van der Waals surface area contributed by atoms with Crippen molar-refractivity contribution < 1.29 is 4.79 Å². The van der Waals surface area contributed by atoms with E-state index in [4.69, 9.17) is 4.98 Å². The van der Waals surface area contributed by atoms with Crippen LogP contribution in [0.3, 0.4) is 0 Å². The third-order valence-corrected chi connectivity index (χ3v) is 8.72. The molecule has 0 saturated carbocycles. The largest absolute Gasteiger partial charge is 0.382 e. The second-order valence-electron chi connectivity index (χ2n) is 11.0. The topological polar surface area (TPSA) is 136 Å². The molecule has 2 saturated heterocycles. The van der Waals surface area contributed by atoms with Gasteiger partial charge in [0, 0.05) is 43.0 Å². The molecule has 4 aromatic rings. The lowest BCUT2D eigenvalue weighted by molar-refractivity contribution is -0.126. The van der Waals surface area contributed by atoms with Gasteiger partial charge in [-0.3, -0.25) is 9.78 Å². The van der Waals surface area contributed by atoms with E-state index in [2.05, 4.69) is 56.1 Å². The minimum Gasteiger partial charge on any atom is -0.382 e. The zero-order valence-corrected chi connectivity index (χ0v) is 24.1.